The molecule has 3 N–H and O–H groups in total. The molecule has 0 radical (unpaired) electrons. The van der Waals surface area contributed by atoms with Crippen LogP contribution in [-0.2, 0) is 9.53 Å². The summed E-state index contributed by atoms with van der Waals surface area (Å²) in [6.45, 7) is 0.492. The van der Waals surface area contributed by atoms with Crippen LogP contribution in [0.3, 0.4) is 0 Å². The van der Waals surface area contributed by atoms with Crippen molar-refractivity contribution in [3.63, 3.8) is 0 Å². The maximum atomic E-state index is 11.4. The van der Waals surface area contributed by atoms with E-state index in [-0.39, 0.29) is 4.48 Å². The third-order valence-electron chi connectivity index (χ3n) is 6.51. The zero-order chi connectivity index (χ0) is 23.8. The fourth-order valence-electron chi connectivity index (χ4n) is 4.62. The number of aliphatic carboxylic acids is 1. The van der Waals surface area contributed by atoms with Crippen molar-refractivity contribution >= 4 is 23.7 Å². The van der Waals surface area contributed by atoms with Crippen LogP contribution in [0.1, 0.15) is 28.7 Å². The number of hydrogen-bond donors (Lipinski definition) is 3. The van der Waals surface area contributed by atoms with E-state index in [9.17, 15) is 25.2 Å². The van der Waals surface area contributed by atoms with E-state index in [0.717, 1.165) is 27.8 Å². The highest BCUT2D eigenvalue weighted by molar-refractivity contribution is 5.93. The van der Waals surface area contributed by atoms with Crippen molar-refractivity contribution in [2.24, 2.45) is 0 Å². The van der Waals surface area contributed by atoms with Crippen LogP contribution < -0.4 is 5.11 Å². The largest absolute Gasteiger partial charge is 0.547 e. The highest BCUT2D eigenvalue weighted by Gasteiger charge is 2.50. The van der Waals surface area contributed by atoms with E-state index in [1.54, 1.807) is 14.1 Å². The highest BCUT2D eigenvalue weighted by Crippen LogP contribution is 2.34. The number of rotatable bonds is 5. The average Bonchev–Trinajstić information content (AvgIpc) is 2.94. The minimum atomic E-state index is -1.75. The molecule has 7 nitrogen and oxygen atoms in total. The zero-order valence-electron chi connectivity index (χ0n) is 18.7. The molecule has 0 bridgehead atoms. The molecule has 0 saturated carbocycles. The zero-order valence-corrected chi connectivity index (χ0v) is 18.7. The van der Waals surface area contributed by atoms with Gasteiger partial charge < -0.3 is 34.4 Å². The monoisotopic (exact) mass is 451 g/mol. The maximum absolute atomic E-state index is 11.4. The Kier molecular flexibility index (Phi) is 6.52. The van der Waals surface area contributed by atoms with Crippen molar-refractivity contribution in [3.05, 3.63) is 76.9 Å². The van der Waals surface area contributed by atoms with Gasteiger partial charge in [0, 0.05) is 6.42 Å². The van der Waals surface area contributed by atoms with Crippen LogP contribution in [-0.4, -0.2) is 77.1 Å². The number of ether oxygens (including phenoxy) is 1. The van der Waals surface area contributed by atoms with Gasteiger partial charge in [0.25, 0.3) is 0 Å². The Bertz CT molecular complexity index is 1040. The third-order valence-corrected chi connectivity index (χ3v) is 6.51. The van der Waals surface area contributed by atoms with Crippen LogP contribution in [0.25, 0.3) is 17.7 Å². The number of benzene rings is 2. The van der Waals surface area contributed by atoms with Crippen LogP contribution in [0.4, 0.5) is 0 Å². The lowest BCUT2D eigenvalue weighted by Gasteiger charge is -2.47. The van der Waals surface area contributed by atoms with E-state index in [1.807, 2.05) is 24.3 Å². The SMILES string of the molecule is C[N+](C)(CCC=C1c2ccccc2C=Cc2ccccc21)[C@H]1O[C@@H](C(=O)[O-])[C@H](O)[C@@H](O)[C@@H]1O. The first kappa shape index (κ1) is 23.4. The van der Waals surface area contributed by atoms with Crippen LogP contribution in [0.2, 0.25) is 0 Å². The normalized spacial score (nSPS) is 26.8. The van der Waals surface area contributed by atoms with Crippen molar-refractivity contribution < 1.29 is 34.4 Å². The minimum absolute atomic E-state index is 0.0834. The lowest BCUT2D eigenvalue weighted by Crippen LogP contribution is -2.69. The van der Waals surface area contributed by atoms with Gasteiger partial charge in [-0.15, -0.1) is 0 Å². The van der Waals surface area contributed by atoms with Gasteiger partial charge in [-0.25, -0.2) is 0 Å². The van der Waals surface area contributed by atoms with Gasteiger partial charge in [0.15, 0.2) is 6.10 Å². The molecular formula is C26H29NO6. The summed E-state index contributed by atoms with van der Waals surface area (Å²) >= 11 is 0. The summed E-state index contributed by atoms with van der Waals surface area (Å²) in [6, 6.07) is 16.3. The summed E-state index contributed by atoms with van der Waals surface area (Å²) in [5.41, 5.74) is 5.57. The van der Waals surface area contributed by atoms with Crippen LogP contribution in [0.5, 0.6) is 0 Å². The summed E-state index contributed by atoms with van der Waals surface area (Å²) in [7, 11) is 3.58. The molecule has 4 rings (SSSR count). The maximum Gasteiger partial charge on any atom is 0.222 e. The molecule has 1 saturated heterocycles. The predicted molar refractivity (Wildman–Crippen MR) is 122 cm³/mol. The number of carbonyl (C=O) groups is 1. The van der Waals surface area contributed by atoms with Gasteiger partial charge in [-0.1, -0.05) is 66.8 Å². The molecule has 0 amide bonds. The summed E-state index contributed by atoms with van der Waals surface area (Å²) in [4.78, 5) is 11.4. The predicted octanol–water partition coefficient (Wildman–Crippen LogP) is 0.626. The molecule has 5 atom stereocenters. The second kappa shape index (κ2) is 9.21. The Morgan fingerprint density at radius 1 is 0.939 bits per heavy atom. The highest BCUT2D eigenvalue weighted by atomic mass is 16.6. The molecule has 0 spiro atoms. The Morgan fingerprint density at radius 3 is 2.03 bits per heavy atom. The first-order chi connectivity index (χ1) is 15.7. The van der Waals surface area contributed by atoms with Gasteiger partial charge in [0.1, 0.15) is 18.3 Å². The van der Waals surface area contributed by atoms with E-state index >= 15 is 0 Å². The van der Waals surface area contributed by atoms with Crippen LogP contribution >= 0.6 is 0 Å². The molecule has 1 aliphatic carbocycles. The Labute approximate surface area is 193 Å². The summed E-state index contributed by atoms with van der Waals surface area (Å²) in [5, 5.41) is 42.0. The van der Waals surface area contributed by atoms with E-state index < -0.39 is 36.6 Å². The second-order valence-electron chi connectivity index (χ2n) is 9.15. The summed E-state index contributed by atoms with van der Waals surface area (Å²) in [5.74, 6) is -1.63. The Morgan fingerprint density at radius 2 is 1.48 bits per heavy atom. The third kappa shape index (κ3) is 4.51. The number of aliphatic hydroxyl groups excluding tert-OH is 3. The molecule has 33 heavy (non-hydrogen) atoms. The van der Waals surface area contributed by atoms with Crippen molar-refractivity contribution in [3.8, 4) is 0 Å². The van der Waals surface area contributed by atoms with Crippen molar-refractivity contribution in [1.82, 2.24) is 0 Å². The average molecular weight is 452 g/mol. The Balaban J connectivity index is 1.60. The molecule has 2 aromatic rings. The fourth-order valence-corrected chi connectivity index (χ4v) is 4.62. The van der Waals surface area contributed by atoms with Crippen LogP contribution in [0.15, 0.2) is 54.6 Å². The van der Waals surface area contributed by atoms with Crippen molar-refractivity contribution in [2.45, 2.75) is 37.1 Å². The van der Waals surface area contributed by atoms with E-state index in [4.69, 9.17) is 4.74 Å². The van der Waals surface area contributed by atoms with Crippen LogP contribution in [0, 0.1) is 0 Å². The lowest BCUT2D eigenvalue weighted by atomic mass is 9.92. The topological polar surface area (TPSA) is 110 Å². The van der Waals surface area contributed by atoms with Gasteiger partial charge in [-0.05, 0) is 27.8 Å². The molecule has 1 aliphatic heterocycles. The number of likely N-dealkylation sites (N-methyl/N-ethyl adjacent to an activating group) is 1. The van der Waals surface area contributed by atoms with Crippen molar-refractivity contribution in [1.29, 1.82) is 0 Å². The quantitative estimate of drug-likeness (QED) is 0.491. The standard InChI is InChI=1S/C26H29NO6/c1-27(2,25-23(30)21(28)22(29)24(33-25)26(31)32)15-7-12-20-18-10-5-3-8-16(18)13-14-17-9-4-6-11-19(17)20/h3-6,8-14,21-25,28-30H,7,15H2,1-2H3/t21-,22-,23+,24-,25+/m1/s1. The number of carboxylic acid groups (broad SMARTS) is 1. The number of quaternary nitrogens is 1. The summed E-state index contributed by atoms with van der Waals surface area (Å²) in [6.07, 6.45) is -0.642. The molecule has 1 heterocycles. The van der Waals surface area contributed by atoms with E-state index in [2.05, 4.69) is 42.5 Å². The first-order valence-electron chi connectivity index (χ1n) is 11.0. The minimum Gasteiger partial charge on any atom is -0.547 e. The number of aliphatic hydroxyl groups is 3. The second-order valence-corrected chi connectivity index (χ2v) is 9.15. The molecule has 7 heteroatoms. The van der Waals surface area contributed by atoms with E-state index in [0.29, 0.717) is 13.0 Å². The lowest BCUT2D eigenvalue weighted by molar-refractivity contribution is -0.944. The van der Waals surface area contributed by atoms with Gasteiger partial charge in [-0.2, -0.15) is 0 Å². The summed E-state index contributed by atoms with van der Waals surface area (Å²) < 4.78 is 5.59. The molecule has 0 aromatic heterocycles. The molecular weight excluding hydrogens is 422 g/mol. The van der Waals surface area contributed by atoms with Gasteiger partial charge in [0.05, 0.1) is 26.6 Å². The molecule has 0 unspecified atom stereocenters. The van der Waals surface area contributed by atoms with Crippen molar-refractivity contribution in [2.75, 3.05) is 20.6 Å². The number of hydrogen-bond acceptors (Lipinski definition) is 6. The Hall–Kier alpha value is -2.81. The van der Waals surface area contributed by atoms with Gasteiger partial charge in [-0.3, -0.25) is 0 Å². The van der Waals surface area contributed by atoms with E-state index in [1.165, 1.54) is 0 Å². The number of fused-ring (bicyclic) bond motifs is 2. The smallest absolute Gasteiger partial charge is 0.222 e. The molecule has 2 aromatic carbocycles. The van der Waals surface area contributed by atoms with Gasteiger partial charge in [0.2, 0.25) is 6.23 Å². The molecule has 1 fully saturated rings. The molecule has 2 aliphatic rings. The number of carbonyl (C=O) groups excluding carboxylic acids is 1. The molecule has 174 valence electrons. The number of carboxylic acids is 1. The fraction of sp³-hybridized carbons (Fsp3) is 0.346. The number of nitrogens with zero attached hydrogens (tertiary/aromatic N) is 1. The first-order valence-corrected chi connectivity index (χ1v) is 11.0. The van der Waals surface area contributed by atoms with Gasteiger partial charge >= 0.3 is 0 Å².